The number of nitro groups is 1. The lowest BCUT2D eigenvalue weighted by molar-refractivity contribution is -0.384. The summed E-state index contributed by atoms with van der Waals surface area (Å²) in [5.74, 6) is -0.225. The molecule has 0 N–H and O–H groups in total. The SMILES string of the molecule is O=C(/C=C/c1cccc(Cl)c1)N1CCN(c2ccc(C(F)(F)F)cc2[N+](=O)[O-])CC1. The van der Waals surface area contributed by atoms with Crippen LogP contribution in [0.4, 0.5) is 24.5 Å². The summed E-state index contributed by atoms with van der Waals surface area (Å²) in [5, 5.41) is 11.8. The average molecular weight is 440 g/mol. The van der Waals surface area contributed by atoms with E-state index in [2.05, 4.69) is 0 Å². The molecule has 2 aromatic rings. The fourth-order valence-corrected chi connectivity index (χ4v) is 3.36. The third kappa shape index (κ3) is 5.10. The molecule has 0 atom stereocenters. The lowest BCUT2D eigenvalue weighted by Crippen LogP contribution is -2.48. The highest BCUT2D eigenvalue weighted by Gasteiger charge is 2.34. The predicted molar refractivity (Wildman–Crippen MR) is 107 cm³/mol. The van der Waals surface area contributed by atoms with Crippen molar-refractivity contribution in [2.45, 2.75) is 6.18 Å². The van der Waals surface area contributed by atoms with Crippen molar-refractivity contribution in [2.24, 2.45) is 0 Å². The van der Waals surface area contributed by atoms with Gasteiger partial charge in [-0.3, -0.25) is 14.9 Å². The van der Waals surface area contributed by atoms with Crippen molar-refractivity contribution in [3.63, 3.8) is 0 Å². The summed E-state index contributed by atoms with van der Waals surface area (Å²) < 4.78 is 38.6. The Kier molecular flexibility index (Phi) is 6.31. The van der Waals surface area contributed by atoms with Gasteiger partial charge in [0.15, 0.2) is 0 Å². The minimum absolute atomic E-state index is 0.106. The molecular weight excluding hydrogens is 423 g/mol. The van der Waals surface area contributed by atoms with Gasteiger partial charge in [-0.2, -0.15) is 13.2 Å². The Balaban J connectivity index is 1.68. The first kappa shape index (κ1) is 21.6. The molecule has 1 heterocycles. The van der Waals surface area contributed by atoms with Crippen LogP contribution in [0.15, 0.2) is 48.5 Å². The Morgan fingerprint density at radius 3 is 2.40 bits per heavy atom. The van der Waals surface area contributed by atoms with Gasteiger partial charge in [-0.05, 0) is 35.9 Å². The third-order valence-corrected chi connectivity index (χ3v) is 4.93. The van der Waals surface area contributed by atoms with Crippen LogP contribution in [-0.2, 0) is 11.0 Å². The number of nitro benzene ring substituents is 1. The summed E-state index contributed by atoms with van der Waals surface area (Å²) in [6.07, 6.45) is -1.60. The van der Waals surface area contributed by atoms with Gasteiger partial charge in [0.1, 0.15) is 5.69 Å². The Hall–Kier alpha value is -3.07. The largest absolute Gasteiger partial charge is 0.416 e. The molecule has 1 fully saturated rings. The van der Waals surface area contributed by atoms with Crippen LogP contribution in [0.1, 0.15) is 11.1 Å². The number of alkyl halides is 3. The van der Waals surface area contributed by atoms with Crippen molar-refractivity contribution in [3.8, 4) is 0 Å². The fourth-order valence-electron chi connectivity index (χ4n) is 3.16. The molecule has 0 spiro atoms. The Labute approximate surface area is 175 Å². The van der Waals surface area contributed by atoms with E-state index in [1.165, 1.54) is 6.08 Å². The number of hydrogen-bond acceptors (Lipinski definition) is 4. The number of anilines is 1. The van der Waals surface area contributed by atoms with E-state index >= 15 is 0 Å². The number of amides is 1. The number of piperazine rings is 1. The van der Waals surface area contributed by atoms with E-state index in [9.17, 15) is 28.1 Å². The van der Waals surface area contributed by atoms with E-state index in [-0.39, 0.29) is 37.8 Å². The van der Waals surface area contributed by atoms with Crippen LogP contribution in [0.5, 0.6) is 0 Å². The molecule has 0 radical (unpaired) electrons. The van der Waals surface area contributed by atoms with Crippen LogP contribution in [0.25, 0.3) is 6.08 Å². The Morgan fingerprint density at radius 1 is 1.10 bits per heavy atom. The van der Waals surface area contributed by atoms with Gasteiger partial charge in [0.25, 0.3) is 5.69 Å². The summed E-state index contributed by atoms with van der Waals surface area (Å²) in [4.78, 5) is 26.0. The molecule has 0 aliphatic carbocycles. The number of halogens is 4. The second kappa shape index (κ2) is 8.74. The summed E-state index contributed by atoms with van der Waals surface area (Å²) in [6.45, 7) is 1.11. The van der Waals surface area contributed by atoms with Gasteiger partial charge in [-0.15, -0.1) is 0 Å². The molecule has 30 heavy (non-hydrogen) atoms. The highest BCUT2D eigenvalue weighted by Crippen LogP contribution is 2.36. The Bertz CT molecular complexity index is 987. The van der Waals surface area contributed by atoms with Crippen LogP contribution < -0.4 is 4.90 Å². The molecule has 0 bridgehead atoms. The van der Waals surface area contributed by atoms with Crippen molar-refractivity contribution in [2.75, 3.05) is 31.1 Å². The quantitative estimate of drug-likeness (QED) is 0.396. The molecule has 158 valence electrons. The second-order valence-electron chi connectivity index (χ2n) is 6.66. The first-order valence-electron chi connectivity index (χ1n) is 8.98. The molecule has 0 unspecified atom stereocenters. The van der Waals surface area contributed by atoms with Gasteiger partial charge < -0.3 is 9.80 Å². The van der Waals surface area contributed by atoms with Crippen molar-refractivity contribution < 1.29 is 22.9 Å². The van der Waals surface area contributed by atoms with Crippen molar-refractivity contribution in [1.82, 2.24) is 4.90 Å². The van der Waals surface area contributed by atoms with E-state index < -0.39 is 22.4 Å². The molecule has 2 aromatic carbocycles. The minimum atomic E-state index is -4.66. The van der Waals surface area contributed by atoms with Gasteiger partial charge >= 0.3 is 6.18 Å². The lowest BCUT2D eigenvalue weighted by Gasteiger charge is -2.35. The zero-order valence-corrected chi connectivity index (χ0v) is 16.4. The zero-order chi connectivity index (χ0) is 21.9. The summed E-state index contributed by atoms with van der Waals surface area (Å²) >= 11 is 5.91. The van der Waals surface area contributed by atoms with Crippen molar-refractivity contribution in [3.05, 3.63) is 74.8 Å². The molecule has 1 aliphatic heterocycles. The Morgan fingerprint density at radius 2 is 1.80 bits per heavy atom. The fraction of sp³-hybridized carbons (Fsp3) is 0.250. The molecule has 0 saturated carbocycles. The maximum atomic E-state index is 12.9. The van der Waals surface area contributed by atoms with Crippen LogP contribution >= 0.6 is 11.6 Å². The van der Waals surface area contributed by atoms with Gasteiger partial charge in [0.2, 0.25) is 5.91 Å². The molecule has 6 nitrogen and oxygen atoms in total. The van der Waals surface area contributed by atoms with Gasteiger partial charge in [-0.25, -0.2) is 0 Å². The van der Waals surface area contributed by atoms with Crippen molar-refractivity contribution >= 4 is 35.0 Å². The standard InChI is InChI=1S/C20H17ClF3N3O3/c21-16-3-1-2-14(12-16)4-7-19(28)26-10-8-25(9-11-26)17-6-5-15(20(22,23)24)13-18(17)27(29)30/h1-7,12-13H,8-11H2/b7-4+. The van der Waals surface area contributed by atoms with E-state index in [4.69, 9.17) is 11.6 Å². The number of rotatable bonds is 4. The molecule has 1 aliphatic rings. The van der Waals surface area contributed by atoms with E-state index in [1.807, 2.05) is 0 Å². The van der Waals surface area contributed by atoms with E-state index in [0.29, 0.717) is 11.1 Å². The first-order valence-corrected chi connectivity index (χ1v) is 9.36. The summed E-state index contributed by atoms with van der Waals surface area (Å²) in [5.41, 5.74) is -0.798. The normalized spacial score (nSPS) is 14.9. The molecule has 3 rings (SSSR count). The van der Waals surface area contributed by atoms with Crippen molar-refractivity contribution in [1.29, 1.82) is 0 Å². The lowest BCUT2D eigenvalue weighted by atomic mass is 10.1. The molecule has 0 aromatic heterocycles. The van der Waals surface area contributed by atoms with Crippen LogP contribution in [0, 0.1) is 10.1 Å². The third-order valence-electron chi connectivity index (χ3n) is 4.70. The van der Waals surface area contributed by atoms with Gasteiger partial charge in [0.05, 0.1) is 10.5 Å². The van der Waals surface area contributed by atoms with Crippen LogP contribution in [-0.4, -0.2) is 41.9 Å². The monoisotopic (exact) mass is 439 g/mol. The highest BCUT2D eigenvalue weighted by atomic mass is 35.5. The summed E-state index contributed by atoms with van der Waals surface area (Å²) in [7, 11) is 0. The maximum absolute atomic E-state index is 12.9. The molecule has 10 heteroatoms. The van der Waals surface area contributed by atoms with E-state index in [1.54, 1.807) is 40.1 Å². The first-order chi connectivity index (χ1) is 14.1. The maximum Gasteiger partial charge on any atom is 0.416 e. The summed E-state index contributed by atoms with van der Waals surface area (Å²) in [6, 6.07) is 9.48. The smallest absolute Gasteiger partial charge is 0.362 e. The topological polar surface area (TPSA) is 66.7 Å². The number of nitrogens with zero attached hydrogens (tertiary/aromatic N) is 3. The predicted octanol–water partition coefficient (Wildman–Crippen LogP) is 4.63. The number of benzene rings is 2. The number of carbonyl (C=O) groups excluding carboxylic acids is 1. The van der Waals surface area contributed by atoms with E-state index in [0.717, 1.165) is 17.7 Å². The van der Waals surface area contributed by atoms with Gasteiger partial charge in [-0.1, -0.05) is 23.7 Å². The minimum Gasteiger partial charge on any atom is -0.362 e. The van der Waals surface area contributed by atoms with Crippen LogP contribution in [0.3, 0.4) is 0 Å². The molecule has 1 saturated heterocycles. The number of hydrogen-bond donors (Lipinski definition) is 0. The molecular formula is C20H17ClF3N3O3. The van der Waals surface area contributed by atoms with Crippen LogP contribution in [0.2, 0.25) is 5.02 Å². The number of carbonyl (C=O) groups is 1. The second-order valence-corrected chi connectivity index (χ2v) is 7.10. The zero-order valence-electron chi connectivity index (χ0n) is 15.6. The van der Waals surface area contributed by atoms with Gasteiger partial charge in [0, 0.05) is 43.3 Å². The molecule has 1 amide bonds. The average Bonchev–Trinajstić information content (AvgIpc) is 2.71. The highest BCUT2D eigenvalue weighted by molar-refractivity contribution is 6.30.